The van der Waals surface area contributed by atoms with Crippen molar-refractivity contribution >= 4 is 17.8 Å². The molecule has 198 valence electrons. The van der Waals surface area contributed by atoms with E-state index in [4.69, 9.17) is 4.74 Å². The summed E-state index contributed by atoms with van der Waals surface area (Å²) in [5, 5.41) is 15.5. The van der Waals surface area contributed by atoms with Gasteiger partial charge in [-0.2, -0.15) is 0 Å². The standard InChI is InChI=1S/C30H38N2O5/c1-3-5-8-18-29(35)37-22-27(24-16-11-7-12-17-24)32-30(36)25(13-4-2)20-28(34)31-26(21-33)19-23-14-9-6-10-15-23/h3-4,6-7,9-12,14-17,25-27,33H,1-2,5,8,13,18-22H2,(H,31,34)(H,32,36)/t25-,26+,27-/m0/s1. The summed E-state index contributed by atoms with van der Waals surface area (Å²) in [6.07, 6.45) is 5.72. The Labute approximate surface area is 219 Å². The smallest absolute Gasteiger partial charge is 0.305 e. The van der Waals surface area contributed by atoms with Crippen LogP contribution in [0.4, 0.5) is 0 Å². The molecule has 37 heavy (non-hydrogen) atoms. The van der Waals surface area contributed by atoms with Crippen LogP contribution in [0.5, 0.6) is 0 Å². The van der Waals surface area contributed by atoms with Gasteiger partial charge in [-0.3, -0.25) is 14.4 Å². The van der Waals surface area contributed by atoms with Gasteiger partial charge < -0.3 is 20.5 Å². The lowest BCUT2D eigenvalue weighted by atomic mass is 9.98. The zero-order chi connectivity index (χ0) is 26.9. The van der Waals surface area contributed by atoms with E-state index in [0.717, 1.165) is 17.5 Å². The van der Waals surface area contributed by atoms with Gasteiger partial charge in [-0.1, -0.05) is 72.8 Å². The van der Waals surface area contributed by atoms with Crippen LogP contribution in [0.25, 0.3) is 0 Å². The fourth-order valence-electron chi connectivity index (χ4n) is 3.89. The van der Waals surface area contributed by atoms with Crippen LogP contribution in [-0.4, -0.2) is 42.1 Å². The lowest BCUT2D eigenvalue weighted by Crippen LogP contribution is -2.42. The summed E-state index contributed by atoms with van der Waals surface area (Å²) in [6.45, 7) is 7.15. The van der Waals surface area contributed by atoms with Crippen molar-refractivity contribution in [3.8, 4) is 0 Å². The molecule has 0 saturated carbocycles. The summed E-state index contributed by atoms with van der Waals surface area (Å²) in [5.74, 6) is -1.67. The molecule has 2 amide bonds. The van der Waals surface area contributed by atoms with Crippen LogP contribution in [0, 0.1) is 5.92 Å². The fraction of sp³-hybridized carbons (Fsp3) is 0.367. The molecule has 7 heteroatoms. The molecule has 7 nitrogen and oxygen atoms in total. The van der Waals surface area contributed by atoms with Gasteiger partial charge in [0.15, 0.2) is 0 Å². The van der Waals surface area contributed by atoms with Crippen molar-refractivity contribution in [1.82, 2.24) is 10.6 Å². The molecule has 0 aliphatic heterocycles. The molecule has 0 bridgehead atoms. The van der Waals surface area contributed by atoms with Gasteiger partial charge in [0.25, 0.3) is 0 Å². The van der Waals surface area contributed by atoms with Crippen molar-refractivity contribution in [2.24, 2.45) is 5.92 Å². The molecule has 0 aliphatic rings. The Morgan fingerprint density at radius 3 is 2.24 bits per heavy atom. The van der Waals surface area contributed by atoms with Gasteiger partial charge in [-0.05, 0) is 36.8 Å². The lowest BCUT2D eigenvalue weighted by Gasteiger charge is -2.23. The number of allylic oxidation sites excluding steroid dienone is 2. The van der Waals surface area contributed by atoms with Crippen LogP contribution in [-0.2, 0) is 25.5 Å². The van der Waals surface area contributed by atoms with Crippen molar-refractivity contribution in [2.75, 3.05) is 13.2 Å². The van der Waals surface area contributed by atoms with Crippen LogP contribution in [0.3, 0.4) is 0 Å². The van der Waals surface area contributed by atoms with E-state index in [9.17, 15) is 19.5 Å². The molecular formula is C30H38N2O5. The topological polar surface area (TPSA) is 105 Å². The number of nitrogens with one attached hydrogen (secondary N) is 2. The third-order valence-corrected chi connectivity index (χ3v) is 5.88. The first-order valence-corrected chi connectivity index (χ1v) is 12.6. The maximum absolute atomic E-state index is 13.2. The molecule has 3 atom stereocenters. The Kier molecular flexibility index (Phi) is 13.5. The predicted octanol–water partition coefficient (Wildman–Crippen LogP) is 4.05. The SMILES string of the molecule is C=CCCCC(=O)OC[C@H](NC(=O)[C@@H](CC=C)CC(=O)N[C@@H](CO)Cc1ccccc1)c1ccccc1. The highest BCUT2D eigenvalue weighted by molar-refractivity contribution is 5.86. The number of benzene rings is 2. The Hall–Kier alpha value is -3.71. The van der Waals surface area contributed by atoms with Gasteiger partial charge in [0.05, 0.1) is 24.6 Å². The largest absolute Gasteiger partial charge is 0.463 e. The van der Waals surface area contributed by atoms with Gasteiger partial charge in [-0.25, -0.2) is 0 Å². The van der Waals surface area contributed by atoms with Crippen molar-refractivity contribution in [3.63, 3.8) is 0 Å². The van der Waals surface area contributed by atoms with Crippen molar-refractivity contribution in [2.45, 2.75) is 50.6 Å². The molecule has 0 radical (unpaired) electrons. The Morgan fingerprint density at radius 1 is 0.946 bits per heavy atom. The van der Waals surface area contributed by atoms with E-state index in [-0.39, 0.29) is 43.8 Å². The van der Waals surface area contributed by atoms with E-state index in [2.05, 4.69) is 23.8 Å². The van der Waals surface area contributed by atoms with E-state index in [1.165, 1.54) is 0 Å². The number of ether oxygens (including phenoxy) is 1. The van der Waals surface area contributed by atoms with Gasteiger partial charge in [-0.15, -0.1) is 13.2 Å². The van der Waals surface area contributed by atoms with Gasteiger partial charge in [0, 0.05) is 12.8 Å². The predicted molar refractivity (Wildman–Crippen MR) is 144 cm³/mol. The minimum absolute atomic E-state index is 0.0145. The quantitative estimate of drug-likeness (QED) is 0.171. The number of hydrogen-bond acceptors (Lipinski definition) is 5. The van der Waals surface area contributed by atoms with E-state index >= 15 is 0 Å². The second-order valence-corrected chi connectivity index (χ2v) is 8.90. The molecule has 2 aromatic carbocycles. The normalized spacial score (nSPS) is 13.0. The first-order valence-electron chi connectivity index (χ1n) is 12.6. The Morgan fingerprint density at radius 2 is 1.62 bits per heavy atom. The first kappa shape index (κ1) is 29.5. The number of esters is 1. The number of hydrogen-bond donors (Lipinski definition) is 3. The van der Waals surface area contributed by atoms with E-state index < -0.39 is 18.0 Å². The maximum Gasteiger partial charge on any atom is 0.305 e. The average molecular weight is 507 g/mol. The van der Waals surface area contributed by atoms with Gasteiger partial charge >= 0.3 is 5.97 Å². The van der Waals surface area contributed by atoms with Crippen molar-refractivity contribution in [3.05, 3.63) is 97.1 Å². The van der Waals surface area contributed by atoms with E-state index in [1.807, 2.05) is 60.7 Å². The number of carbonyl (C=O) groups is 3. The molecular weight excluding hydrogens is 468 g/mol. The highest BCUT2D eigenvalue weighted by Crippen LogP contribution is 2.18. The third-order valence-electron chi connectivity index (χ3n) is 5.88. The summed E-state index contributed by atoms with van der Waals surface area (Å²) >= 11 is 0. The number of amides is 2. The van der Waals surface area contributed by atoms with Gasteiger partial charge in [0.1, 0.15) is 6.61 Å². The average Bonchev–Trinajstić information content (AvgIpc) is 2.91. The van der Waals surface area contributed by atoms with Crippen molar-refractivity contribution < 1.29 is 24.2 Å². The fourth-order valence-corrected chi connectivity index (χ4v) is 3.89. The first-order chi connectivity index (χ1) is 18.0. The van der Waals surface area contributed by atoms with Gasteiger partial charge in [0.2, 0.25) is 11.8 Å². The molecule has 2 rings (SSSR count). The summed E-state index contributed by atoms with van der Waals surface area (Å²) in [4.78, 5) is 38.1. The molecule has 0 aliphatic carbocycles. The van der Waals surface area contributed by atoms with Crippen LogP contribution in [0.2, 0.25) is 0 Å². The number of aliphatic hydroxyl groups excluding tert-OH is 1. The summed E-state index contributed by atoms with van der Waals surface area (Å²) in [7, 11) is 0. The second-order valence-electron chi connectivity index (χ2n) is 8.90. The number of rotatable bonds is 17. The zero-order valence-corrected chi connectivity index (χ0v) is 21.3. The third kappa shape index (κ3) is 11.3. The van der Waals surface area contributed by atoms with Crippen molar-refractivity contribution in [1.29, 1.82) is 0 Å². The Balaban J connectivity index is 2.01. The molecule has 0 spiro atoms. The highest BCUT2D eigenvalue weighted by Gasteiger charge is 2.25. The molecule has 0 fully saturated rings. The minimum atomic E-state index is -0.664. The molecule has 3 N–H and O–H groups in total. The minimum Gasteiger partial charge on any atom is -0.463 e. The molecule has 0 aromatic heterocycles. The van der Waals surface area contributed by atoms with E-state index in [0.29, 0.717) is 19.3 Å². The summed E-state index contributed by atoms with van der Waals surface area (Å²) in [5.41, 5.74) is 1.78. The summed E-state index contributed by atoms with van der Waals surface area (Å²) in [6, 6.07) is 17.8. The van der Waals surface area contributed by atoms with E-state index in [1.54, 1.807) is 12.2 Å². The van der Waals surface area contributed by atoms with Crippen LogP contribution in [0.1, 0.15) is 49.3 Å². The van der Waals surface area contributed by atoms with Crippen LogP contribution >= 0.6 is 0 Å². The monoisotopic (exact) mass is 506 g/mol. The lowest BCUT2D eigenvalue weighted by molar-refractivity contribution is -0.145. The summed E-state index contributed by atoms with van der Waals surface area (Å²) < 4.78 is 5.44. The number of carbonyl (C=O) groups excluding carboxylic acids is 3. The molecule has 0 saturated heterocycles. The van der Waals surface area contributed by atoms with Crippen LogP contribution < -0.4 is 10.6 Å². The zero-order valence-electron chi connectivity index (χ0n) is 21.3. The number of unbranched alkanes of at least 4 members (excludes halogenated alkanes) is 1. The molecule has 2 aromatic rings. The Bertz CT molecular complexity index is 994. The van der Waals surface area contributed by atoms with Crippen LogP contribution in [0.15, 0.2) is 86.0 Å². The maximum atomic E-state index is 13.2. The molecule has 0 heterocycles. The second kappa shape index (κ2) is 16.9. The molecule has 0 unspecified atom stereocenters. The highest BCUT2D eigenvalue weighted by atomic mass is 16.5. The number of aliphatic hydroxyl groups is 1.